The predicted molar refractivity (Wildman–Crippen MR) is 64.3 cm³/mol. The minimum Gasteiger partial charge on any atom is -0.394 e. The smallest absolute Gasteiger partial charge is 0.239 e. The first-order chi connectivity index (χ1) is 8.15. The maximum atomic E-state index is 11.4. The molecule has 90 valence electrons. The zero-order valence-electron chi connectivity index (χ0n) is 9.60. The van der Waals surface area contributed by atoms with Crippen LogP contribution >= 0.6 is 0 Å². The molecule has 0 aliphatic heterocycles. The SMILES string of the molecule is CC(CO)NC(=O)CNc1ccc(C#N)cc1. The summed E-state index contributed by atoms with van der Waals surface area (Å²) in [6.45, 7) is 1.78. The number of nitrogens with one attached hydrogen (secondary N) is 2. The van der Waals surface area contributed by atoms with E-state index < -0.39 is 0 Å². The molecule has 0 heterocycles. The molecule has 1 aromatic rings. The van der Waals surface area contributed by atoms with Gasteiger partial charge in [0.05, 0.1) is 24.8 Å². The van der Waals surface area contributed by atoms with Crippen LogP contribution in [0.3, 0.4) is 0 Å². The van der Waals surface area contributed by atoms with Crippen LogP contribution in [0, 0.1) is 11.3 Å². The van der Waals surface area contributed by atoms with Gasteiger partial charge in [0.2, 0.25) is 5.91 Å². The topological polar surface area (TPSA) is 85.2 Å². The molecule has 0 aliphatic carbocycles. The maximum absolute atomic E-state index is 11.4. The fraction of sp³-hybridized carbons (Fsp3) is 0.333. The first kappa shape index (κ1) is 13.0. The quantitative estimate of drug-likeness (QED) is 0.690. The molecule has 0 bridgehead atoms. The van der Waals surface area contributed by atoms with Crippen molar-refractivity contribution in [1.29, 1.82) is 5.26 Å². The summed E-state index contributed by atoms with van der Waals surface area (Å²) in [4.78, 5) is 11.4. The van der Waals surface area contributed by atoms with Gasteiger partial charge in [-0.2, -0.15) is 5.26 Å². The van der Waals surface area contributed by atoms with E-state index in [4.69, 9.17) is 10.4 Å². The van der Waals surface area contributed by atoms with E-state index >= 15 is 0 Å². The van der Waals surface area contributed by atoms with Crippen molar-refractivity contribution in [1.82, 2.24) is 5.32 Å². The van der Waals surface area contributed by atoms with E-state index in [0.717, 1.165) is 5.69 Å². The lowest BCUT2D eigenvalue weighted by molar-refractivity contribution is -0.120. The minimum atomic E-state index is -0.245. The summed E-state index contributed by atoms with van der Waals surface area (Å²) in [7, 11) is 0. The van der Waals surface area contributed by atoms with Gasteiger partial charge in [-0.1, -0.05) is 0 Å². The Bertz CT molecular complexity index is 409. The first-order valence-corrected chi connectivity index (χ1v) is 5.30. The van der Waals surface area contributed by atoms with E-state index in [1.165, 1.54) is 0 Å². The average Bonchev–Trinajstić information content (AvgIpc) is 2.36. The fourth-order valence-corrected chi connectivity index (χ4v) is 1.22. The van der Waals surface area contributed by atoms with Gasteiger partial charge in [0.25, 0.3) is 0 Å². The van der Waals surface area contributed by atoms with Gasteiger partial charge >= 0.3 is 0 Å². The van der Waals surface area contributed by atoms with E-state index in [1.54, 1.807) is 31.2 Å². The molecule has 1 amide bonds. The molecular formula is C12H15N3O2. The highest BCUT2D eigenvalue weighted by Crippen LogP contribution is 2.07. The highest BCUT2D eigenvalue weighted by Gasteiger charge is 2.05. The van der Waals surface area contributed by atoms with Crippen LogP contribution in [-0.4, -0.2) is 30.2 Å². The maximum Gasteiger partial charge on any atom is 0.239 e. The number of aliphatic hydroxyl groups is 1. The van der Waals surface area contributed by atoms with Crippen molar-refractivity contribution in [3.8, 4) is 6.07 Å². The summed E-state index contributed by atoms with van der Waals surface area (Å²) in [5, 5.41) is 22.9. The molecule has 17 heavy (non-hydrogen) atoms. The van der Waals surface area contributed by atoms with Crippen molar-refractivity contribution in [2.24, 2.45) is 0 Å². The number of aliphatic hydroxyl groups excluding tert-OH is 1. The van der Waals surface area contributed by atoms with Crippen LogP contribution in [0.1, 0.15) is 12.5 Å². The second kappa shape index (κ2) is 6.51. The van der Waals surface area contributed by atoms with Gasteiger partial charge in [0.1, 0.15) is 0 Å². The van der Waals surface area contributed by atoms with Crippen molar-refractivity contribution < 1.29 is 9.90 Å². The van der Waals surface area contributed by atoms with E-state index in [9.17, 15) is 4.79 Å². The van der Waals surface area contributed by atoms with Crippen LogP contribution in [-0.2, 0) is 4.79 Å². The molecule has 1 aromatic carbocycles. The number of benzene rings is 1. The third-order valence-corrected chi connectivity index (χ3v) is 2.15. The standard InChI is InChI=1S/C12H15N3O2/c1-9(8-16)15-12(17)7-14-11-4-2-10(6-13)3-5-11/h2-5,9,14,16H,7-8H2,1H3,(H,15,17). The number of amides is 1. The molecule has 0 aromatic heterocycles. The Hall–Kier alpha value is -2.06. The molecule has 1 unspecified atom stereocenters. The number of hydrogen-bond donors (Lipinski definition) is 3. The van der Waals surface area contributed by atoms with Gasteiger partial charge in [-0.25, -0.2) is 0 Å². The fourth-order valence-electron chi connectivity index (χ4n) is 1.22. The van der Waals surface area contributed by atoms with Crippen LogP contribution in [0.4, 0.5) is 5.69 Å². The molecule has 0 aliphatic rings. The Morgan fingerprint density at radius 1 is 1.47 bits per heavy atom. The lowest BCUT2D eigenvalue weighted by Crippen LogP contribution is -2.38. The molecule has 5 nitrogen and oxygen atoms in total. The summed E-state index contributed by atoms with van der Waals surface area (Å²) in [6, 6.07) is 8.60. The normalized spacial score (nSPS) is 11.4. The van der Waals surface area contributed by atoms with Crippen molar-refractivity contribution in [3.63, 3.8) is 0 Å². The van der Waals surface area contributed by atoms with Crippen molar-refractivity contribution >= 4 is 11.6 Å². The van der Waals surface area contributed by atoms with Crippen LogP contribution in [0.2, 0.25) is 0 Å². The van der Waals surface area contributed by atoms with Gasteiger partial charge in [0, 0.05) is 11.7 Å². The molecule has 0 spiro atoms. The first-order valence-electron chi connectivity index (χ1n) is 5.30. The molecule has 0 fully saturated rings. The molecule has 1 atom stereocenters. The lowest BCUT2D eigenvalue weighted by Gasteiger charge is -2.11. The monoisotopic (exact) mass is 233 g/mol. The molecule has 3 N–H and O–H groups in total. The number of anilines is 1. The number of carbonyl (C=O) groups is 1. The second-order valence-corrected chi connectivity index (χ2v) is 3.69. The van der Waals surface area contributed by atoms with Crippen molar-refractivity contribution in [2.75, 3.05) is 18.5 Å². The van der Waals surface area contributed by atoms with E-state index in [1.807, 2.05) is 6.07 Å². The molecule has 0 saturated heterocycles. The molecule has 0 radical (unpaired) electrons. The van der Waals surface area contributed by atoms with E-state index in [-0.39, 0.29) is 25.1 Å². The van der Waals surface area contributed by atoms with Gasteiger partial charge in [0.15, 0.2) is 0 Å². The Morgan fingerprint density at radius 3 is 2.65 bits per heavy atom. The number of nitriles is 1. The van der Waals surface area contributed by atoms with Crippen LogP contribution < -0.4 is 10.6 Å². The van der Waals surface area contributed by atoms with Gasteiger partial charge < -0.3 is 15.7 Å². The second-order valence-electron chi connectivity index (χ2n) is 3.69. The predicted octanol–water partition coefficient (Wildman–Crippen LogP) is 0.467. The van der Waals surface area contributed by atoms with Crippen LogP contribution in [0.15, 0.2) is 24.3 Å². The van der Waals surface area contributed by atoms with Crippen LogP contribution in [0.25, 0.3) is 0 Å². The Labute approximate surface area is 100 Å². The Morgan fingerprint density at radius 2 is 2.12 bits per heavy atom. The summed E-state index contributed by atoms with van der Waals surface area (Å²) in [6.07, 6.45) is 0. The van der Waals surface area contributed by atoms with Gasteiger partial charge in [-0.05, 0) is 31.2 Å². The van der Waals surface area contributed by atoms with Crippen LogP contribution in [0.5, 0.6) is 0 Å². The van der Waals surface area contributed by atoms with E-state index in [0.29, 0.717) is 5.56 Å². The number of nitrogens with zero attached hydrogens (tertiary/aromatic N) is 1. The molecular weight excluding hydrogens is 218 g/mol. The third-order valence-electron chi connectivity index (χ3n) is 2.15. The van der Waals surface area contributed by atoms with E-state index in [2.05, 4.69) is 10.6 Å². The lowest BCUT2D eigenvalue weighted by atomic mass is 10.2. The summed E-state index contributed by atoms with van der Waals surface area (Å²) in [5.74, 6) is -0.184. The summed E-state index contributed by atoms with van der Waals surface area (Å²) in [5.41, 5.74) is 1.35. The number of rotatable bonds is 5. The Kier molecular flexibility index (Phi) is 4.98. The van der Waals surface area contributed by atoms with Crippen molar-refractivity contribution in [2.45, 2.75) is 13.0 Å². The zero-order valence-corrected chi connectivity index (χ0v) is 9.60. The largest absolute Gasteiger partial charge is 0.394 e. The summed E-state index contributed by atoms with van der Waals surface area (Å²) < 4.78 is 0. The van der Waals surface area contributed by atoms with Gasteiger partial charge in [-0.3, -0.25) is 4.79 Å². The zero-order chi connectivity index (χ0) is 12.7. The molecule has 0 saturated carbocycles. The van der Waals surface area contributed by atoms with Gasteiger partial charge in [-0.15, -0.1) is 0 Å². The minimum absolute atomic E-state index is 0.0807. The molecule has 5 heteroatoms. The average molecular weight is 233 g/mol. The molecule has 1 rings (SSSR count). The summed E-state index contributed by atoms with van der Waals surface area (Å²) >= 11 is 0. The Balaban J connectivity index is 2.40. The van der Waals surface area contributed by atoms with Crippen molar-refractivity contribution in [3.05, 3.63) is 29.8 Å². The highest BCUT2D eigenvalue weighted by molar-refractivity contribution is 5.80. The number of hydrogen-bond acceptors (Lipinski definition) is 4. The third kappa shape index (κ3) is 4.53. The number of carbonyl (C=O) groups excluding carboxylic acids is 1. The highest BCUT2D eigenvalue weighted by atomic mass is 16.3.